The number of benzene rings is 2. The summed E-state index contributed by atoms with van der Waals surface area (Å²) in [6.07, 6.45) is -4.60. The van der Waals surface area contributed by atoms with Gasteiger partial charge in [0, 0.05) is 11.3 Å². The number of halogens is 3. The van der Waals surface area contributed by atoms with Crippen molar-refractivity contribution in [2.24, 2.45) is 0 Å². The summed E-state index contributed by atoms with van der Waals surface area (Å²) in [7, 11) is 1.51. The fourth-order valence-corrected chi connectivity index (χ4v) is 2.63. The zero-order valence-corrected chi connectivity index (χ0v) is 16.7. The highest BCUT2D eigenvalue weighted by molar-refractivity contribution is 5.98. The Labute approximate surface area is 172 Å². The van der Waals surface area contributed by atoms with Crippen LogP contribution in [0.25, 0.3) is 0 Å². The second-order valence-electron chi connectivity index (χ2n) is 6.81. The number of ketones is 1. The highest BCUT2D eigenvalue weighted by atomic mass is 19.4. The van der Waals surface area contributed by atoms with Gasteiger partial charge in [-0.05, 0) is 57.3 Å². The Bertz CT molecular complexity index is 927. The van der Waals surface area contributed by atoms with Crippen molar-refractivity contribution in [3.63, 3.8) is 0 Å². The highest BCUT2D eigenvalue weighted by Crippen LogP contribution is 2.34. The van der Waals surface area contributed by atoms with Gasteiger partial charge in [0.25, 0.3) is 0 Å². The third-order valence-electron chi connectivity index (χ3n) is 4.50. The molecule has 0 spiro atoms. The molecule has 2 N–H and O–H groups in total. The minimum Gasteiger partial charge on any atom is -0.325 e. The molecule has 1 atom stereocenters. The number of carbonyl (C=O) groups is 3. The molecule has 2 aromatic carbocycles. The van der Waals surface area contributed by atoms with Gasteiger partial charge in [0.2, 0.25) is 11.8 Å². The summed E-state index contributed by atoms with van der Waals surface area (Å²) in [6.45, 7) is 2.71. The summed E-state index contributed by atoms with van der Waals surface area (Å²) in [4.78, 5) is 37.3. The van der Waals surface area contributed by atoms with Crippen LogP contribution in [0.15, 0.2) is 48.5 Å². The summed E-state index contributed by atoms with van der Waals surface area (Å²) in [5, 5.41) is 4.91. The normalized spacial score (nSPS) is 12.4. The molecule has 9 heteroatoms. The van der Waals surface area contributed by atoms with Crippen molar-refractivity contribution in [3.05, 3.63) is 59.7 Å². The number of alkyl halides is 3. The van der Waals surface area contributed by atoms with Crippen LogP contribution in [0.1, 0.15) is 29.8 Å². The first-order chi connectivity index (χ1) is 14.0. The van der Waals surface area contributed by atoms with Gasteiger partial charge in [0.1, 0.15) is 0 Å². The zero-order chi connectivity index (χ0) is 22.5. The Balaban J connectivity index is 1.96. The van der Waals surface area contributed by atoms with Crippen LogP contribution in [0, 0.1) is 0 Å². The molecular formula is C21H22F3N3O3. The number of likely N-dealkylation sites (N-methyl/N-ethyl adjacent to an activating group) is 1. The number of hydrogen-bond acceptors (Lipinski definition) is 4. The maximum absolute atomic E-state index is 13.0. The van der Waals surface area contributed by atoms with Gasteiger partial charge in [-0.3, -0.25) is 19.3 Å². The quantitative estimate of drug-likeness (QED) is 0.667. The number of Topliss-reactive ketones (excluding diaryl/α,β-unsaturated/α-hetero) is 1. The SMILES string of the molecule is CC(=O)c1ccc(NC(=O)[C@@H](C)N(C)CC(=O)Nc2ccccc2C(F)(F)F)cc1. The van der Waals surface area contributed by atoms with Crippen molar-refractivity contribution in [1.29, 1.82) is 0 Å². The number of anilines is 2. The van der Waals surface area contributed by atoms with Gasteiger partial charge in [-0.15, -0.1) is 0 Å². The van der Waals surface area contributed by atoms with E-state index in [1.807, 2.05) is 0 Å². The Morgan fingerprint density at radius 3 is 2.17 bits per heavy atom. The molecule has 2 amide bonds. The molecular weight excluding hydrogens is 399 g/mol. The molecule has 0 saturated carbocycles. The minimum atomic E-state index is -4.60. The van der Waals surface area contributed by atoms with Crippen molar-refractivity contribution in [2.75, 3.05) is 24.2 Å². The number of rotatable bonds is 7. The Morgan fingerprint density at radius 2 is 1.60 bits per heavy atom. The lowest BCUT2D eigenvalue weighted by molar-refractivity contribution is -0.137. The molecule has 0 aliphatic carbocycles. The van der Waals surface area contributed by atoms with E-state index in [1.54, 1.807) is 31.2 Å². The average molecular weight is 421 g/mol. The molecule has 6 nitrogen and oxygen atoms in total. The van der Waals surface area contributed by atoms with Crippen LogP contribution in [0.4, 0.5) is 24.5 Å². The van der Waals surface area contributed by atoms with Gasteiger partial charge >= 0.3 is 6.18 Å². The van der Waals surface area contributed by atoms with Crippen LogP contribution in [-0.2, 0) is 15.8 Å². The van der Waals surface area contributed by atoms with E-state index in [-0.39, 0.29) is 18.0 Å². The monoisotopic (exact) mass is 421 g/mol. The lowest BCUT2D eigenvalue weighted by atomic mass is 10.1. The van der Waals surface area contributed by atoms with Gasteiger partial charge < -0.3 is 10.6 Å². The molecule has 2 aromatic rings. The maximum Gasteiger partial charge on any atom is 0.418 e. The van der Waals surface area contributed by atoms with E-state index in [9.17, 15) is 27.6 Å². The van der Waals surface area contributed by atoms with Crippen LogP contribution >= 0.6 is 0 Å². The lowest BCUT2D eigenvalue weighted by Gasteiger charge is -2.23. The molecule has 30 heavy (non-hydrogen) atoms. The Kier molecular flexibility index (Phi) is 7.33. The Hall–Kier alpha value is -3.20. The number of nitrogens with one attached hydrogen (secondary N) is 2. The van der Waals surface area contributed by atoms with Crippen molar-refractivity contribution in [1.82, 2.24) is 4.90 Å². The second kappa shape index (κ2) is 9.53. The zero-order valence-electron chi connectivity index (χ0n) is 16.7. The first-order valence-corrected chi connectivity index (χ1v) is 9.07. The summed E-state index contributed by atoms with van der Waals surface area (Å²) in [5.74, 6) is -1.18. The van der Waals surface area contributed by atoms with Gasteiger partial charge in [0.15, 0.2) is 5.78 Å². The van der Waals surface area contributed by atoms with E-state index in [1.165, 1.54) is 37.1 Å². The molecule has 0 fully saturated rings. The number of amides is 2. The molecule has 2 rings (SSSR count). The third kappa shape index (κ3) is 6.15. The van der Waals surface area contributed by atoms with Gasteiger partial charge in [-0.25, -0.2) is 0 Å². The predicted octanol–water partition coefficient (Wildman–Crippen LogP) is 3.81. The van der Waals surface area contributed by atoms with Gasteiger partial charge in [0.05, 0.1) is 23.8 Å². The Morgan fingerprint density at radius 1 is 1.00 bits per heavy atom. The van der Waals surface area contributed by atoms with E-state index < -0.39 is 29.6 Å². The first kappa shape index (κ1) is 23.1. The standard InChI is InChI=1S/C21H22F3N3O3/c1-13(20(30)25-16-10-8-15(9-11-16)14(2)28)27(3)12-19(29)26-18-7-5-4-6-17(18)21(22,23)24/h4-11,13H,12H2,1-3H3,(H,25,30)(H,26,29)/t13-/m1/s1. The van der Waals surface area contributed by atoms with Crippen molar-refractivity contribution < 1.29 is 27.6 Å². The topological polar surface area (TPSA) is 78.5 Å². The highest BCUT2D eigenvalue weighted by Gasteiger charge is 2.33. The summed E-state index contributed by atoms with van der Waals surface area (Å²) in [5.41, 5.74) is -0.297. The first-order valence-electron chi connectivity index (χ1n) is 9.07. The van der Waals surface area contributed by atoms with E-state index in [0.29, 0.717) is 11.3 Å². The lowest BCUT2D eigenvalue weighted by Crippen LogP contribution is -2.43. The van der Waals surface area contributed by atoms with Crippen molar-refractivity contribution >= 4 is 29.0 Å². The average Bonchev–Trinajstić information content (AvgIpc) is 2.67. The van der Waals surface area contributed by atoms with Gasteiger partial charge in [-0.2, -0.15) is 13.2 Å². The fraction of sp³-hybridized carbons (Fsp3) is 0.286. The van der Waals surface area contributed by atoms with Crippen LogP contribution in [0.3, 0.4) is 0 Å². The molecule has 0 saturated heterocycles. The summed E-state index contributed by atoms with van der Waals surface area (Å²) < 4.78 is 39.1. The molecule has 0 aromatic heterocycles. The summed E-state index contributed by atoms with van der Waals surface area (Å²) in [6, 6.07) is 10.3. The van der Waals surface area contributed by atoms with Crippen molar-refractivity contribution in [2.45, 2.75) is 26.1 Å². The van der Waals surface area contributed by atoms with E-state index in [0.717, 1.165) is 6.07 Å². The minimum absolute atomic E-state index is 0.0981. The predicted molar refractivity (Wildman–Crippen MR) is 107 cm³/mol. The number of hydrogen-bond donors (Lipinski definition) is 2. The maximum atomic E-state index is 13.0. The smallest absolute Gasteiger partial charge is 0.325 e. The fourth-order valence-electron chi connectivity index (χ4n) is 2.63. The van der Waals surface area contributed by atoms with Crippen molar-refractivity contribution in [3.8, 4) is 0 Å². The molecule has 0 aliphatic heterocycles. The second-order valence-corrected chi connectivity index (χ2v) is 6.81. The van der Waals surface area contributed by atoms with E-state index >= 15 is 0 Å². The number of nitrogens with zero attached hydrogens (tertiary/aromatic N) is 1. The van der Waals surface area contributed by atoms with Crippen LogP contribution < -0.4 is 10.6 Å². The number of para-hydroxylation sites is 1. The van der Waals surface area contributed by atoms with Crippen LogP contribution in [0.5, 0.6) is 0 Å². The molecule has 160 valence electrons. The van der Waals surface area contributed by atoms with Gasteiger partial charge in [-0.1, -0.05) is 12.1 Å². The largest absolute Gasteiger partial charge is 0.418 e. The van der Waals surface area contributed by atoms with E-state index in [4.69, 9.17) is 0 Å². The van der Waals surface area contributed by atoms with Crippen LogP contribution in [-0.4, -0.2) is 42.1 Å². The van der Waals surface area contributed by atoms with Crippen LogP contribution in [0.2, 0.25) is 0 Å². The van der Waals surface area contributed by atoms with E-state index in [2.05, 4.69) is 10.6 Å². The molecule has 0 heterocycles. The molecule has 0 radical (unpaired) electrons. The summed E-state index contributed by atoms with van der Waals surface area (Å²) >= 11 is 0. The molecule has 0 aliphatic rings. The molecule has 0 bridgehead atoms. The molecule has 0 unspecified atom stereocenters. The number of carbonyl (C=O) groups excluding carboxylic acids is 3. The third-order valence-corrected chi connectivity index (χ3v) is 4.50.